The van der Waals surface area contributed by atoms with Crippen molar-refractivity contribution in [2.75, 3.05) is 20.3 Å². The molecule has 0 radical (unpaired) electrons. The second kappa shape index (κ2) is 11.9. The molecule has 0 N–H and O–H groups in total. The Morgan fingerprint density at radius 2 is 1.55 bits per heavy atom. The van der Waals surface area contributed by atoms with Gasteiger partial charge in [0.05, 0.1) is 20.3 Å². The zero-order chi connectivity index (χ0) is 21.1. The van der Waals surface area contributed by atoms with Crippen LogP contribution >= 0.6 is 0 Å². The lowest BCUT2D eigenvalue weighted by atomic mass is 10.0. The molecule has 0 spiro atoms. The van der Waals surface area contributed by atoms with Crippen molar-refractivity contribution in [2.24, 2.45) is 0 Å². The van der Waals surface area contributed by atoms with E-state index in [4.69, 9.17) is 14.2 Å². The highest BCUT2D eigenvalue weighted by Crippen LogP contribution is 2.32. The van der Waals surface area contributed by atoms with Crippen LogP contribution in [0.25, 0.3) is 6.08 Å². The molecule has 0 heterocycles. The van der Waals surface area contributed by atoms with E-state index in [0.717, 1.165) is 54.1 Å². The molecule has 0 saturated heterocycles. The fourth-order valence-electron chi connectivity index (χ4n) is 2.92. The molecule has 2 aromatic rings. The number of carbonyl (C=O) groups excluding carboxylic acids is 1. The minimum Gasteiger partial charge on any atom is -0.497 e. The van der Waals surface area contributed by atoms with Gasteiger partial charge in [-0.25, -0.2) is 0 Å². The molecule has 0 fully saturated rings. The normalized spacial score (nSPS) is 10.9. The van der Waals surface area contributed by atoms with Crippen LogP contribution in [0, 0.1) is 0 Å². The summed E-state index contributed by atoms with van der Waals surface area (Å²) in [5.41, 5.74) is 2.66. The largest absolute Gasteiger partial charge is 0.497 e. The van der Waals surface area contributed by atoms with Gasteiger partial charge in [-0.15, -0.1) is 0 Å². The highest BCUT2D eigenvalue weighted by Gasteiger charge is 2.11. The van der Waals surface area contributed by atoms with Gasteiger partial charge in [-0.05, 0) is 67.3 Å². The number of aryl methyl sites for hydroxylation is 1. The van der Waals surface area contributed by atoms with Crippen molar-refractivity contribution < 1.29 is 19.0 Å². The Labute approximate surface area is 174 Å². The second-order valence-corrected chi connectivity index (χ2v) is 6.87. The Balaban J connectivity index is 2.32. The summed E-state index contributed by atoms with van der Waals surface area (Å²) in [5.74, 6) is 2.29. The Hall–Kier alpha value is -2.75. The van der Waals surface area contributed by atoms with Gasteiger partial charge in [0.15, 0.2) is 5.78 Å². The third-order valence-electron chi connectivity index (χ3n) is 4.42. The number of carbonyl (C=O) groups is 1. The maximum absolute atomic E-state index is 12.6. The van der Waals surface area contributed by atoms with Crippen molar-refractivity contribution >= 4 is 11.9 Å². The minimum atomic E-state index is -0.0579. The van der Waals surface area contributed by atoms with Gasteiger partial charge >= 0.3 is 0 Å². The first-order valence-corrected chi connectivity index (χ1v) is 10.4. The summed E-state index contributed by atoms with van der Waals surface area (Å²) < 4.78 is 17.0. The Morgan fingerprint density at radius 3 is 2.14 bits per heavy atom. The molecule has 4 nitrogen and oxygen atoms in total. The molecule has 0 aliphatic rings. The van der Waals surface area contributed by atoms with Crippen molar-refractivity contribution in [3.63, 3.8) is 0 Å². The molecule has 0 bridgehead atoms. The van der Waals surface area contributed by atoms with Crippen LogP contribution in [0.5, 0.6) is 17.2 Å². The third-order valence-corrected chi connectivity index (χ3v) is 4.42. The maximum atomic E-state index is 12.6. The maximum Gasteiger partial charge on any atom is 0.185 e. The number of benzene rings is 2. The van der Waals surface area contributed by atoms with E-state index in [0.29, 0.717) is 18.8 Å². The molecule has 2 aromatic carbocycles. The molecule has 0 aliphatic heterocycles. The first kappa shape index (κ1) is 22.5. The van der Waals surface area contributed by atoms with E-state index >= 15 is 0 Å². The van der Waals surface area contributed by atoms with E-state index in [1.165, 1.54) is 0 Å². The van der Waals surface area contributed by atoms with Gasteiger partial charge in [0, 0.05) is 17.2 Å². The molecule has 0 aromatic heterocycles. The summed E-state index contributed by atoms with van der Waals surface area (Å²) in [4.78, 5) is 12.6. The quantitative estimate of drug-likeness (QED) is 0.320. The SMILES string of the molecule is CCCOc1cc(OCCC)c(CCC)cc1C=CC(=O)c1ccc(OC)cc1. The molecule has 156 valence electrons. The van der Waals surface area contributed by atoms with Crippen LogP contribution in [0.2, 0.25) is 0 Å². The minimum absolute atomic E-state index is 0.0579. The molecule has 29 heavy (non-hydrogen) atoms. The van der Waals surface area contributed by atoms with Crippen LogP contribution in [0.1, 0.15) is 61.5 Å². The molecule has 0 unspecified atom stereocenters. The van der Waals surface area contributed by atoms with Gasteiger partial charge in [-0.2, -0.15) is 0 Å². The number of methoxy groups -OCH3 is 1. The topological polar surface area (TPSA) is 44.8 Å². The van der Waals surface area contributed by atoms with Crippen molar-refractivity contribution in [3.8, 4) is 17.2 Å². The second-order valence-electron chi connectivity index (χ2n) is 6.87. The van der Waals surface area contributed by atoms with E-state index in [1.807, 2.05) is 12.1 Å². The Morgan fingerprint density at radius 1 is 0.897 bits per heavy atom. The number of hydrogen-bond acceptors (Lipinski definition) is 4. The predicted molar refractivity (Wildman–Crippen MR) is 118 cm³/mol. The molecular weight excluding hydrogens is 364 g/mol. The van der Waals surface area contributed by atoms with Gasteiger partial charge in [0.2, 0.25) is 0 Å². The number of hydrogen-bond donors (Lipinski definition) is 0. The summed E-state index contributed by atoms with van der Waals surface area (Å²) in [7, 11) is 1.61. The first-order valence-electron chi connectivity index (χ1n) is 10.4. The predicted octanol–water partition coefficient (Wildman–Crippen LogP) is 6.12. The van der Waals surface area contributed by atoms with Gasteiger partial charge in [0.1, 0.15) is 17.2 Å². The monoisotopic (exact) mass is 396 g/mol. The number of ketones is 1. The van der Waals surface area contributed by atoms with Gasteiger partial charge in [-0.3, -0.25) is 4.79 Å². The fourth-order valence-corrected chi connectivity index (χ4v) is 2.92. The van der Waals surface area contributed by atoms with Crippen LogP contribution in [-0.4, -0.2) is 26.1 Å². The Kier molecular flexibility index (Phi) is 9.29. The van der Waals surface area contributed by atoms with E-state index in [9.17, 15) is 4.79 Å². The molecule has 2 rings (SSSR count). The van der Waals surface area contributed by atoms with Gasteiger partial charge in [0.25, 0.3) is 0 Å². The molecular formula is C25H32O4. The molecule has 4 heteroatoms. The third kappa shape index (κ3) is 6.67. The average Bonchev–Trinajstić information content (AvgIpc) is 2.75. The smallest absolute Gasteiger partial charge is 0.185 e. The van der Waals surface area contributed by atoms with Crippen LogP contribution in [0.3, 0.4) is 0 Å². The molecule has 0 aliphatic carbocycles. The summed E-state index contributed by atoms with van der Waals surface area (Å²) in [6, 6.07) is 11.2. The lowest BCUT2D eigenvalue weighted by Gasteiger charge is -2.16. The first-order chi connectivity index (χ1) is 14.1. The summed E-state index contributed by atoms with van der Waals surface area (Å²) in [6.45, 7) is 7.61. The van der Waals surface area contributed by atoms with E-state index < -0.39 is 0 Å². The lowest BCUT2D eigenvalue weighted by Crippen LogP contribution is -2.03. The zero-order valence-electron chi connectivity index (χ0n) is 18.0. The zero-order valence-corrected chi connectivity index (χ0v) is 18.0. The van der Waals surface area contributed by atoms with E-state index in [-0.39, 0.29) is 5.78 Å². The van der Waals surface area contributed by atoms with Crippen LogP contribution in [0.15, 0.2) is 42.5 Å². The standard InChI is InChI=1S/C25H32O4/c1-5-8-20-17-21(25(29-16-7-3)18-24(20)28-15-6-2)11-14-23(26)19-9-12-22(27-4)13-10-19/h9-14,17-18H,5-8,15-16H2,1-4H3. The molecule has 0 amide bonds. The average molecular weight is 397 g/mol. The Bertz CT molecular complexity index is 806. The fraction of sp³-hybridized carbons (Fsp3) is 0.400. The lowest BCUT2D eigenvalue weighted by molar-refractivity contribution is 0.104. The van der Waals surface area contributed by atoms with Crippen LogP contribution in [0.4, 0.5) is 0 Å². The van der Waals surface area contributed by atoms with Crippen molar-refractivity contribution in [3.05, 3.63) is 59.2 Å². The summed E-state index contributed by atoms with van der Waals surface area (Å²) >= 11 is 0. The number of ether oxygens (including phenoxy) is 3. The van der Waals surface area contributed by atoms with Crippen LogP contribution < -0.4 is 14.2 Å². The van der Waals surface area contributed by atoms with Crippen molar-refractivity contribution in [1.29, 1.82) is 0 Å². The van der Waals surface area contributed by atoms with Crippen LogP contribution in [-0.2, 0) is 6.42 Å². The van der Waals surface area contributed by atoms with Gasteiger partial charge in [-0.1, -0.05) is 27.2 Å². The van der Waals surface area contributed by atoms with Gasteiger partial charge < -0.3 is 14.2 Å². The summed E-state index contributed by atoms with van der Waals surface area (Å²) in [5, 5.41) is 0. The number of allylic oxidation sites excluding steroid dienone is 1. The van der Waals surface area contributed by atoms with Crippen molar-refractivity contribution in [2.45, 2.75) is 46.5 Å². The highest BCUT2D eigenvalue weighted by atomic mass is 16.5. The summed E-state index contributed by atoms with van der Waals surface area (Å²) in [6.07, 6.45) is 7.23. The molecule has 0 atom stereocenters. The van der Waals surface area contributed by atoms with Crippen molar-refractivity contribution in [1.82, 2.24) is 0 Å². The number of rotatable bonds is 12. The highest BCUT2D eigenvalue weighted by molar-refractivity contribution is 6.07. The van der Waals surface area contributed by atoms with E-state index in [1.54, 1.807) is 37.5 Å². The molecule has 0 saturated carbocycles. The van der Waals surface area contributed by atoms with E-state index in [2.05, 4.69) is 26.8 Å².